The molecule has 3 aliphatic heterocycles. The largest absolute Gasteiger partial charge is 0.466 e. The van der Waals surface area contributed by atoms with Crippen LogP contribution in [0.15, 0.2) is 29.5 Å². The Kier molecular flexibility index (Phi) is 7.80. The highest BCUT2D eigenvalue weighted by Gasteiger charge is 2.47. The van der Waals surface area contributed by atoms with Crippen LogP contribution in [0.1, 0.15) is 45.2 Å². The summed E-state index contributed by atoms with van der Waals surface area (Å²) in [5.41, 5.74) is 1.51. The summed E-state index contributed by atoms with van der Waals surface area (Å²) in [6.45, 7) is 6.82. The van der Waals surface area contributed by atoms with Crippen molar-refractivity contribution >= 4 is 47.0 Å². The van der Waals surface area contributed by atoms with E-state index in [9.17, 15) is 19.2 Å². The molecule has 0 radical (unpaired) electrons. The molecule has 1 saturated heterocycles. The number of hydrogen-bond acceptors (Lipinski definition) is 5. The maximum Gasteiger partial charge on any atom is 0.322 e. The topological polar surface area (TPSA) is 99.3 Å². The lowest BCUT2D eigenvalue weighted by Gasteiger charge is -2.35. The number of hydrogen-bond donors (Lipinski definition) is 1. The fourth-order valence-corrected chi connectivity index (χ4v) is 5.67. The van der Waals surface area contributed by atoms with Crippen molar-refractivity contribution in [3.63, 3.8) is 0 Å². The highest BCUT2D eigenvalue weighted by molar-refractivity contribution is 6.35. The first kappa shape index (κ1) is 26.3. The molecule has 1 N–H and O–H groups in total. The van der Waals surface area contributed by atoms with Gasteiger partial charge in [-0.2, -0.15) is 0 Å². The van der Waals surface area contributed by atoms with E-state index in [1.54, 1.807) is 36.9 Å². The molecule has 0 aliphatic carbocycles. The van der Waals surface area contributed by atoms with Crippen molar-refractivity contribution in [2.75, 3.05) is 32.8 Å². The molecule has 0 aromatic heterocycles. The molecule has 36 heavy (non-hydrogen) atoms. The Morgan fingerprint density at radius 3 is 2.64 bits per heavy atom. The number of rotatable bonds is 6. The normalized spacial score (nSPS) is 23.0. The van der Waals surface area contributed by atoms with E-state index in [2.05, 4.69) is 5.32 Å². The highest BCUT2D eigenvalue weighted by Crippen LogP contribution is 2.40. The Morgan fingerprint density at radius 1 is 1.22 bits per heavy atom. The monoisotopic (exact) mass is 536 g/mol. The summed E-state index contributed by atoms with van der Waals surface area (Å²) in [7, 11) is 0. The predicted molar refractivity (Wildman–Crippen MR) is 134 cm³/mol. The zero-order valence-electron chi connectivity index (χ0n) is 20.6. The van der Waals surface area contributed by atoms with Crippen LogP contribution in [0.5, 0.6) is 0 Å². The number of likely N-dealkylation sites (tertiary alicyclic amines) is 1. The van der Waals surface area contributed by atoms with Gasteiger partial charge in [-0.1, -0.05) is 29.3 Å². The summed E-state index contributed by atoms with van der Waals surface area (Å²) < 4.78 is 5.14. The minimum atomic E-state index is -0.779. The zero-order chi connectivity index (χ0) is 26.1. The number of benzene rings is 1. The predicted octanol–water partition coefficient (Wildman–Crippen LogP) is 3.37. The van der Waals surface area contributed by atoms with Crippen LogP contribution in [0.25, 0.3) is 0 Å². The summed E-state index contributed by atoms with van der Waals surface area (Å²) in [6, 6.07) is 3.03. The second kappa shape index (κ2) is 10.7. The van der Waals surface area contributed by atoms with Crippen LogP contribution in [0.3, 0.4) is 0 Å². The molecule has 1 aromatic rings. The first-order valence-electron chi connectivity index (χ1n) is 12.2. The summed E-state index contributed by atoms with van der Waals surface area (Å²) >= 11 is 12.5. The minimum absolute atomic E-state index is 0.124. The molecule has 0 bridgehead atoms. The summed E-state index contributed by atoms with van der Waals surface area (Å²) in [5, 5.41) is 3.66. The smallest absolute Gasteiger partial charge is 0.322 e. The fraction of sp³-hybridized carbons (Fsp3) is 0.520. The van der Waals surface area contributed by atoms with E-state index in [4.69, 9.17) is 27.9 Å². The number of amides is 4. The van der Waals surface area contributed by atoms with Gasteiger partial charge in [0.25, 0.3) is 5.91 Å². The summed E-state index contributed by atoms with van der Waals surface area (Å²) in [4.78, 5) is 57.0. The van der Waals surface area contributed by atoms with Crippen LogP contribution in [0.2, 0.25) is 10.0 Å². The third-order valence-electron chi connectivity index (χ3n) is 7.02. The van der Waals surface area contributed by atoms with Gasteiger partial charge in [-0.15, -0.1) is 0 Å². The lowest BCUT2D eigenvalue weighted by molar-refractivity contribution is -0.153. The Morgan fingerprint density at radius 2 is 1.97 bits per heavy atom. The minimum Gasteiger partial charge on any atom is -0.466 e. The van der Waals surface area contributed by atoms with Gasteiger partial charge in [0.05, 0.1) is 36.4 Å². The van der Waals surface area contributed by atoms with Crippen LogP contribution in [0.4, 0.5) is 4.79 Å². The zero-order valence-corrected chi connectivity index (χ0v) is 22.1. The average Bonchev–Trinajstić information content (AvgIpc) is 3.20. The maximum absolute atomic E-state index is 13.7. The lowest BCUT2D eigenvalue weighted by Crippen LogP contribution is -2.52. The number of esters is 1. The fourth-order valence-electron chi connectivity index (χ4n) is 5.16. The quantitative estimate of drug-likeness (QED) is 0.562. The van der Waals surface area contributed by atoms with E-state index in [-0.39, 0.29) is 42.8 Å². The van der Waals surface area contributed by atoms with Crippen molar-refractivity contribution in [2.24, 2.45) is 5.92 Å². The van der Waals surface area contributed by atoms with Crippen molar-refractivity contribution in [1.82, 2.24) is 20.0 Å². The molecular formula is C25H30Cl2N4O5. The average molecular weight is 537 g/mol. The van der Waals surface area contributed by atoms with Crippen molar-refractivity contribution in [2.45, 2.75) is 45.7 Å². The van der Waals surface area contributed by atoms with Crippen LogP contribution < -0.4 is 5.32 Å². The highest BCUT2D eigenvalue weighted by atomic mass is 35.5. The van der Waals surface area contributed by atoms with Crippen LogP contribution in [-0.4, -0.2) is 77.3 Å². The molecule has 194 valence electrons. The number of piperidine rings is 1. The van der Waals surface area contributed by atoms with Crippen molar-refractivity contribution in [3.8, 4) is 0 Å². The molecule has 3 atom stereocenters. The van der Waals surface area contributed by atoms with E-state index in [0.717, 1.165) is 0 Å². The van der Waals surface area contributed by atoms with Crippen molar-refractivity contribution < 1.29 is 23.9 Å². The molecule has 0 spiro atoms. The third kappa shape index (κ3) is 4.78. The van der Waals surface area contributed by atoms with Gasteiger partial charge in [0, 0.05) is 29.7 Å². The molecule has 4 rings (SSSR count). The van der Waals surface area contributed by atoms with Crippen molar-refractivity contribution in [1.29, 1.82) is 0 Å². The number of urea groups is 1. The first-order chi connectivity index (χ1) is 17.2. The van der Waals surface area contributed by atoms with Gasteiger partial charge >= 0.3 is 12.0 Å². The number of halogens is 2. The number of nitrogens with one attached hydrogen (secondary N) is 1. The SMILES string of the molecule is CCOC(=O)[C@@H]1CCCN(C(=O)[C@@H](C)N2CC3=C(C2=O)[C@H](c2ccc(Cl)cc2Cl)NC(=O)N3CC)C1. The molecule has 11 heteroatoms. The molecule has 3 aliphatic rings. The first-order valence-corrected chi connectivity index (χ1v) is 13.0. The van der Waals surface area contributed by atoms with E-state index >= 15 is 0 Å². The van der Waals surface area contributed by atoms with E-state index in [1.807, 2.05) is 6.92 Å². The lowest BCUT2D eigenvalue weighted by atomic mass is 9.95. The second-order valence-electron chi connectivity index (χ2n) is 9.14. The van der Waals surface area contributed by atoms with Gasteiger partial charge in [0.1, 0.15) is 6.04 Å². The number of ether oxygens (including phenoxy) is 1. The van der Waals surface area contributed by atoms with Gasteiger partial charge in [-0.05, 0) is 51.3 Å². The Bertz CT molecular complexity index is 1120. The number of carbonyl (C=O) groups excluding carboxylic acids is 4. The van der Waals surface area contributed by atoms with E-state index < -0.39 is 12.1 Å². The number of carbonyl (C=O) groups is 4. The van der Waals surface area contributed by atoms with Gasteiger partial charge < -0.3 is 19.9 Å². The van der Waals surface area contributed by atoms with Gasteiger partial charge in [-0.25, -0.2) is 4.79 Å². The molecule has 0 saturated carbocycles. The van der Waals surface area contributed by atoms with Crippen LogP contribution in [0, 0.1) is 5.92 Å². The maximum atomic E-state index is 13.7. The molecule has 0 unspecified atom stereocenters. The molecular weight excluding hydrogens is 507 g/mol. The summed E-state index contributed by atoms with van der Waals surface area (Å²) in [6.07, 6.45) is 1.35. The van der Waals surface area contributed by atoms with Gasteiger partial charge in [0.15, 0.2) is 0 Å². The molecule has 3 heterocycles. The molecule has 4 amide bonds. The molecule has 9 nitrogen and oxygen atoms in total. The van der Waals surface area contributed by atoms with E-state index in [0.29, 0.717) is 59.4 Å². The Balaban J connectivity index is 1.58. The third-order valence-corrected chi connectivity index (χ3v) is 7.58. The number of nitrogens with zero attached hydrogens (tertiary/aromatic N) is 3. The Labute approximate surface area is 220 Å². The molecule has 1 aromatic carbocycles. The van der Waals surface area contributed by atoms with Crippen molar-refractivity contribution in [3.05, 3.63) is 45.1 Å². The summed E-state index contributed by atoms with van der Waals surface area (Å²) in [5.74, 6) is -1.24. The van der Waals surface area contributed by atoms with E-state index in [1.165, 1.54) is 9.80 Å². The van der Waals surface area contributed by atoms with Gasteiger partial charge in [-0.3, -0.25) is 19.3 Å². The van der Waals surface area contributed by atoms with Crippen LogP contribution >= 0.6 is 23.2 Å². The number of likely N-dealkylation sites (N-methyl/N-ethyl adjacent to an activating group) is 1. The second-order valence-corrected chi connectivity index (χ2v) is 9.98. The van der Waals surface area contributed by atoms with Crippen LogP contribution in [-0.2, 0) is 19.1 Å². The molecule has 1 fully saturated rings. The standard InChI is InChI=1S/C25H30Cl2N4O5/c1-4-30-19-13-31(14(3)22(32)29-10-6-7-15(12-29)24(34)36-5-2)23(33)20(19)21(28-25(30)35)17-9-8-16(26)11-18(17)27/h8-9,11,14-15,21H,4-7,10,12-13H2,1-3H3,(H,28,35)/t14-,15-,21+/m1/s1. The Hall–Kier alpha value is -2.78. The van der Waals surface area contributed by atoms with Gasteiger partial charge in [0.2, 0.25) is 5.91 Å².